The van der Waals surface area contributed by atoms with Gasteiger partial charge < -0.3 is 0 Å². The minimum absolute atomic E-state index is 0.0428. The van der Waals surface area contributed by atoms with Gasteiger partial charge in [0.15, 0.2) is 0 Å². The van der Waals surface area contributed by atoms with Crippen LogP contribution in [-0.4, -0.2) is 23.5 Å². The fourth-order valence-corrected chi connectivity index (χ4v) is 4.60. The highest BCUT2D eigenvalue weighted by atomic mass is 35.5. The molecule has 1 heterocycles. The molecule has 2 aromatic rings. The Bertz CT molecular complexity index is 642. The molecule has 92 valence electrons. The fourth-order valence-electron chi connectivity index (χ4n) is 2.92. The van der Waals surface area contributed by atoms with Crippen molar-refractivity contribution in [2.75, 3.05) is 0 Å². The van der Waals surface area contributed by atoms with Crippen LogP contribution in [0.15, 0.2) is 47.4 Å². The van der Waals surface area contributed by atoms with Crippen molar-refractivity contribution in [2.45, 2.75) is 15.3 Å². The summed E-state index contributed by atoms with van der Waals surface area (Å²) in [6.07, 6.45) is 0. The van der Waals surface area contributed by atoms with Gasteiger partial charge in [-0.3, -0.25) is 0 Å². The molecule has 0 aromatic heterocycles. The van der Waals surface area contributed by atoms with Gasteiger partial charge in [-0.15, -0.1) is 11.8 Å². The van der Waals surface area contributed by atoms with E-state index in [1.165, 1.54) is 21.6 Å². The summed E-state index contributed by atoms with van der Waals surface area (Å²) in [4.78, 5) is 1.37. The van der Waals surface area contributed by atoms with Gasteiger partial charge in [-0.25, -0.2) is 0 Å². The summed E-state index contributed by atoms with van der Waals surface area (Å²) in [7, 11) is 6.81. The van der Waals surface area contributed by atoms with Crippen molar-refractivity contribution in [2.24, 2.45) is 0 Å². The largest absolute Gasteiger partial charge is 0.132 e. The molecule has 0 radical (unpaired) electrons. The summed E-state index contributed by atoms with van der Waals surface area (Å²) >= 11 is 8.43. The molecule has 0 aliphatic carbocycles. The Morgan fingerprint density at radius 3 is 2.58 bits per heavy atom. The number of fused-ring (bicyclic) bond motifs is 2. The second-order valence-electron chi connectivity index (χ2n) is 5.57. The van der Waals surface area contributed by atoms with Crippen LogP contribution in [0.3, 0.4) is 0 Å². The lowest BCUT2D eigenvalue weighted by Gasteiger charge is -2.26. The van der Waals surface area contributed by atoms with Crippen LogP contribution < -0.4 is 0 Å². The summed E-state index contributed by atoms with van der Waals surface area (Å²) in [6.45, 7) is 0. The predicted octanol–water partition coefficient (Wildman–Crippen LogP) is 1.54. The molecular weight excluding hydrogens is 268 g/mol. The van der Waals surface area contributed by atoms with E-state index in [0.717, 1.165) is 5.02 Å². The second-order valence-corrected chi connectivity index (χ2v) is 7.64. The quantitative estimate of drug-likeness (QED) is 0.661. The fraction of sp³-hybridized carbons (Fsp3) is 0.143. The molecule has 5 heteroatoms. The molecule has 0 bridgehead atoms. The van der Waals surface area contributed by atoms with E-state index in [9.17, 15) is 0 Å². The van der Waals surface area contributed by atoms with Crippen molar-refractivity contribution >= 4 is 46.9 Å². The number of rotatable bonds is 0. The molecule has 1 atom stereocenters. The summed E-state index contributed by atoms with van der Waals surface area (Å²) in [6, 6.07) is 15.0. The van der Waals surface area contributed by atoms with Crippen molar-refractivity contribution in [3.63, 3.8) is 0 Å². The van der Waals surface area contributed by atoms with Gasteiger partial charge in [0.1, 0.15) is 23.5 Å². The zero-order chi connectivity index (χ0) is 13.6. The maximum Gasteiger partial charge on any atom is 0.118 e. The van der Waals surface area contributed by atoms with E-state index in [1.807, 2.05) is 17.8 Å². The average molecular weight is 282 g/mol. The second kappa shape index (κ2) is 4.68. The van der Waals surface area contributed by atoms with E-state index in [0.29, 0.717) is 5.82 Å². The molecular formula is C14H14B3ClS. The van der Waals surface area contributed by atoms with Crippen LogP contribution >= 0.6 is 23.4 Å². The molecule has 0 nitrogen and oxygen atoms in total. The Balaban J connectivity index is 2.33. The highest BCUT2D eigenvalue weighted by molar-refractivity contribution is 8.02. The normalized spacial score (nSPS) is 20.2. The first-order chi connectivity index (χ1) is 9.00. The monoisotopic (exact) mass is 282 g/mol. The van der Waals surface area contributed by atoms with Crippen LogP contribution in [0.5, 0.6) is 0 Å². The van der Waals surface area contributed by atoms with Gasteiger partial charge in [0.05, 0.1) is 0 Å². The van der Waals surface area contributed by atoms with Crippen molar-refractivity contribution in [1.82, 2.24) is 0 Å². The van der Waals surface area contributed by atoms with E-state index in [2.05, 4.69) is 59.9 Å². The van der Waals surface area contributed by atoms with Crippen molar-refractivity contribution in [1.29, 1.82) is 0 Å². The number of thioether (sulfide) groups is 1. The lowest BCUT2D eigenvalue weighted by Crippen LogP contribution is -2.23. The Morgan fingerprint density at radius 2 is 1.79 bits per heavy atom. The van der Waals surface area contributed by atoms with E-state index < -0.39 is 0 Å². The topological polar surface area (TPSA) is 0 Å². The van der Waals surface area contributed by atoms with Gasteiger partial charge in [-0.1, -0.05) is 41.9 Å². The Morgan fingerprint density at radius 1 is 1.05 bits per heavy atom. The highest BCUT2D eigenvalue weighted by Gasteiger charge is 2.32. The third-order valence-corrected chi connectivity index (χ3v) is 5.54. The van der Waals surface area contributed by atoms with Crippen LogP contribution in [-0.2, 0) is 4.55 Å². The minimum Gasteiger partial charge on any atom is -0.132 e. The predicted molar refractivity (Wildman–Crippen MR) is 92.9 cm³/mol. The van der Waals surface area contributed by atoms with Crippen molar-refractivity contribution in [3.8, 4) is 0 Å². The van der Waals surface area contributed by atoms with E-state index in [1.54, 1.807) is 0 Å². The molecule has 2 aromatic carbocycles. The molecule has 0 saturated heterocycles. The lowest BCUT2D eigenvalue weighted by atomic mass is 9.61. The molecule has 1 aliphatic rings. The van der Waals surface area contributed by atoms with Crippen LogP contribution in [0.4, 0.5) is 0 Å². The number of hydrogen-bond donors (Lipinski definition) is 0. The van der Waals surface area contributed by atoms with Crippen molar-refractivity contribution < 1.29 is 0 Å². The lowest BCUT2D eigenvalue weighted by molar-refractivity contribution is 1.06. The van der Waals surface area contributed by atoms with Gasteiger partial charge in [-0.2, -0.15) is 0 Å². The summed E-state index contributed by atoms with van der Waals surface area (Å²) < 4.78 is 0.0428. The SMILES string of the molecule is BC1c2ccccc2SC(B)(B)c2cccc(Cl)c21. The van der Waals surface area contributed by atoms with Gasteiger partial charge in [0, 0.05) is 9.92 Å². The Labute approximate surface area is 126 Å². The van der Waals surface area contributed by atoms with Crippen molar-refractivity contribution in [3.05, 3.63) is 64.2 Å². The minimum atomic E-state index is 0.0428. The first kappa shape index (κ1) is 13.3. The maximum absolute atomic E-state index is 6.49. The van der Waals surface area contributed by atoms with Crippen LogP contribution in [0.25, 0.3) is 0 Å². The van der Waals surface area contributed by atoms with E-state index in [-0.39, 0.29) is 4.55 Å². The van der Waals surface area contributed by atoms with Gasteiger partial charge >= 0.3 is 0 Å². The molecule has 3 rings (SSSR count). The third-order valence-electron chi connectivity index (χ3n) is 3.89. The van der Waals surface area contributed by atoms with Crippen LogP contribution in [0.2, 0.25) is 5.02 Å². The van der Waals surface area contributed by atoms with Gasteiger partial charge in [-0.05, 0) is 39.2 Å². The maximum atomic E-state index is 6.49. The molecule has 0 amide bonds. The number of hydrogen-bond acceptors (Lipinski definition) is 1. The first-order valence-corrected chi connectivity index (χ1v) is 7.77. The molecule has 1 aliphatic heterocycles. The zero-order valence-corrected chi connectivity index (χ0v) is 13.0. The molecule has 0 saturated carbocycles. The number of benzene rings is 2. The van der Waals surface area contributed by atoms with Gasteiger partial charge in [0.2, 0.25) is 0 Å². The van der Waals surface area contributed by atoms with E-state index >= 15 is 0 Å². The summed E-state index contributed by atoms with van der Waals surface area (Å²) in [5.74, 6) is 0.342. The Hall–Kier alpha value is -0.725. The molecule has 1 unspecified atom stereocenters. The smallest absolute Gasteiger partial charge is 0.118 e. The summed E-state index contributed by atoms with van der Waals surface area (Å²) in [5, 5.41) is 0.885. The highest BCUT2D eigenvalue weighted by Crippen LogP contribution is 2.48. The van der Waals surface area contributed by atoms with Gasteiger partial charge in [0.25, 0.3) is 0 Å². The molecule has 0 spiro atoms. The number of halogens is 1. The first-order valence-electron chi connectivity index (χ1n) is 6.57. The van der Waals surface area contributed by atoms with E-state index in [4.69, 9.17) is 11.6 Å². The average Bonchev–Trinajstić information content (AvgIpc) is 2.45. The van der Waals surface area contributed by atoms with Crippen LogP contribution in [0, 0.1) is 0 Å². The molecule has 19 heavy (non-hydrogen) atoms. The summed E-state index contributed by atoms with van der Waals surface area (Å²) in [5.41, 5.74) is 4.02. The third kappa shape index (κ3) is 2.15. The molecule has 0 fully saturated rings. The zero-order valence-electron chi connectivity index (χ0n) is 11.4. The Kier molecular flexibility index (Phi) is 3.27. The van der Waals surface area contributed by atoms with Crippen LogP contribution in [0.1, 0.15) is 22.5 Å². The standard InChI is InChI=1S/C14H14B3ClS/c15-13-8-4-1-2-7-11(8)19-14(16,17)9-5-3-6-10(18)12(9)13/h1-7,13H,15-17H2. The molecule has 0 N–H and O–H groups in total.